The molecular weight excluding hydrogens is 292 g/mol. The molecule has 1 aromatic carbocycles. The highest BCUT2D eigenvalue weighted by Crippen LogP contribution is 2.24. The van der Waals surface area contributed by atoms with Gasteiger partial charge in [0, 0.05) is 18.1 Å². The third kappa shape index (κ3) is 3.19. The predicted octanol–water partition coefficient (Wildman–Crippen LogP) is 2.13. The highest BCUT2D eigenvalue weighted by atomic mass is 32.1. The fourth-order valence-corrected chi connectivity index (χ4v) is 2.67. The second-order valence-corrected chi connectivity index (χ2v) is 5.49. The SMILES string of the molecule is Cc1csc(CN(C)C(=O)c2cccc(C(=O)O)c2O)n1. The molecule has 0 radical (unpaired) electrons. The van der Waals surface area contributed by atoms with E-state index in [2.05, 4.69) is 4.98 Å². The second kappa shape index (κ2) is 5.92. The Balaban J connectivity index is 2.23. The quantitative estimate of drug-likeness (QED) is 0.903. The molecule has 0 aliphatic heterocycles. The van der Waals surface area contributed by atoms with Gasteiger partial charge in [0.25, 0.3) is 5.91 Å². The fourth-order valence-electron chi connectivity index (χ4n) is 1.84. The number of rotatable bonds is 4. The number of hydrogen-bond donors (Lipinski definition) is 2. The molecule has 6 nitrogen and oxygen atoms in total. The Morgan fingerprint density at radius 1 is 1.33 bits per heavy atom. The normalized spacial score (nSPS) is 10.4. The maximum Gasteiger partial charge on any atom is 0.339 e. The van der Waals surface area contributed by atoms with Gasteiger partial charge in [-0.05, 0) is 19.1 Å². The topological polar surface area (TPSA) is 90.7 Å². The third-order valence-electron chi connectivity index (χ3n) is 2.88. The number of carbonyl (C=O) groups excluding carboxylic acids is 1. The van der Waals surface area contributed by atoms with Crippen molar-refractivity contribution in [3.05, 3.63) is 45.4 Å². The molecule has 21 heavy (non-hydrogen) atoms. The van der Waals surface area contributed by atoms with Crippen LogP contribution in [-0.2, 0) is 6.54 Å². The van der Waals surface area contributed by atoms with Gasteiger partial charge in [0.2, 0.25) is 0 Å². The van der Waals surface area contributed by atoms with Crippen LogP contribution in [0.4, 0.5) is 0 Å². The van der Waals surface area contributed by atoms with Gasteiger partial charge in [-0.25, -0.2) is 9.78 Å². The zero-order valence-corrected chi connectivity index (χ0v) is 12.3. The van der Waals surface area contributed by atoms with Gasteiger partial charge in [-0.2, -0.15) is 0 Å². The fraction of sp³-hybridized carbons (Fsp3) is 0.214. The van der Waals surface area contributed by atoms with E-state index in [9.17, 15) is 14.7 Å². The van der Waals surface area contributed by atoms with Crippen molar-refractivity contribution >= 4 is 23.2 Å². The smallest absolute Gasteiger partial charge is 0.339 e. The van der Waals surface area contributed by atoms with E-state index in [0.717, 1.165) is 10.7 Å². The van der Waals surface area contributed by atoms with Crippen LogP contribution in [-0.4, -0.2) is 39.0 Å². The van der Waals surface area contributed by atoms with Crippen molar-refractivity contribution in [2.24, 2.45) is 0 Å². The lowest BCUT2D eigenvalue weighted by Crippen LogP contribution is -2.26. The second-order valence-electron chi connectivity index (χ2n) is 4.55. The van der Waals surface area contributed by atoms with E-state index in [1.54, 1.807) is 7.05 Å². The minimum Gasteiger partial charge on any atom is -0.506 e. The lowest BCUT2D eigenvalue weighted by atomic mass is 10.1. The molecule has 110 valence electrons. The minimum absolute atomic E-state index is 0.0364. The van der Waals surface area contributed by atoms with Crippen LogP contribution in [0.3, 0.4) is 0 Å². The molecule has 0 atom stereocenters. The largest absolute Gasteiger partial charge is 0.506 e. The van der Waals surface area contributed by atoms with Gasteiger partial charge in [-0.1, -0.05) is 6.07 Å². The molecule has 1 heterocycles. The number of aromatic carboxylic acids is 1. The Morgan fingerprint density at radius 2 is 2.00 bits per heavy atom. The summed E-state index contributed by atoms with van der Waals surface area (Å²) in [7, 11) is 1.58. The monoisotopic (exact) mass is 306 g/mol. The van der Waals surface area contributed by atoms with E-state index in [-0.39, 0.29) is 11.1 Å². The summed E-state index contributed by atoms with van der Waals surface area (Å²) in [5, 5.41) is 21.5. The van der Waals surface area contributed by atoms with E-state index in [1.165, 1.54) is 34.4 Å². The Labute approximate surface area is 125 Å². The van der Waals surface area contributed by atoms with Gasteiger partial charge >= 0.3 is 5.97 Å². The van der Waals surface area contributed by atoms with Crippen molar-refractivity contribution in [2.45, 2.75) is 13.5 Å². The number of carbonyl (C=O) groups is 2. The number of thiazole rings is 1. The van der Waals surface area contributed by atoms with Gasteiger partial charge in [0.05, 0.1) is 12.1 Å². The molecule has 0 fully saturated rings. The first kappa shape index (κ1) is 15.0. The first-order valence-electron chi connectivity index (χ1n) is 6.12. The van der Waals surface area contributed by atoms with Crippen molar-refractivity contribution in [3.8, 4) is 5.75 Å². The number of nitrogens with zero attached hydrogens (tertiary/aromatic N) is 2. The first-order chi connectivity index (χ1) is 9.90. The van der Waals surface area contributed by atoms with Crippen molar-refractivity contribution in [1.29, 1.82) is 0 Å². The molecule has 2 N–H and O–H groups in total. The van der Waals surface area contributed by atoms with Crippen molar-refractivity contribution in [3.63, 3.8) is 0 Å². The average Bonchev–Trinajstić information content (AvgIpc) is 2.83. The molecular formula is C14H14N2O4S. The molecule has 1 aromatic heterocycles. The summed E-state index contributed by atoms with van der Waals surface area (Å²) >= 11 is 1.44. The van der Waals surface area contributed by atoms with Gasteiger partial charge in [-0.3, -0.25) is 4.79 Å². The Morgan fingerprint density at radius 3 is 2.57 bits per heavy atom. The van der Waals surface area contributed by atoms with Crippen LogP contribution in [0.2, 0.25) is 0 Å². The summed E-state index contributed by atoms with van der Waals surface area (Å²) in [5.41, 5.74) is 0.552. The molecule has 0 saturated carbocycles. The zero-order valence-electron chi connectivity index (χ0n) is 11.5. The maximum atomic E-state index is 12.3. The van der Waals surface area contributed by atoms with E-state index >= 15 is 0 Å². The number of hydrogen-bond acceptors (Lipinski definition) is 5. The lowest BCUT2D eigenvalue weighted by molar-refractivity contribution is 0.0693. The number of carboxylic acids is 1. The Kier molecular flexibility index (Phi) is 4.23. The Hall–Kier alpha value is -2.41. The number of phenols is 1. The standard InChI is InChI=1S/C14H14N2O4S/c1-8-7-21-11(15-8)6-16(2)13(18)9-4-3-5-10(12(9)17)14(19)20/h3-5,7,17H,6H2,1-2H3,(H,19,20). The molecule has 0 spiro atoms. The zero-order chi connectivity index (χ0) is 15.6. The predicted molar refractivity (Wildman–Crippen MR) is 77.7 cm³/mol. The van der Waals surface area contributed by atoms with E-state index in [1.807, 2.05) is 12.3 Å². The Bertz CT molecular complexity index is 696. The van der Waals surface area contributed by atoms with Gasteiger partial charge in [-0.15, -0.1) is 11.3 Å². The summed E-state index contributed by atoms with van der Waals surface area (Å²) < 4.78 is 0. The van der Waals surface area contributed by atoms with Crippen molar-refractivity contribution in [1.82, 2.24) is 9.88 Å². The molecule has 2 aromatic rings. The highest BCUT2D eigenvalue weighted by molar-refractivity contribution is 7.09. The number of amides is 1. The molecule has 0 bridgehead atoms. The summed E-state index contributed by atoms with van der Waals surface area (Å²) in [6.45, 7) is 2.16. The molecule has 0 aliphatic rings. The van der Waals surface area contributed by atoms with Crippen LogP contribution in [0.1, 0.15) is 31.4 Å². The van der Waals surface area contributed by atoms with Crippen LogP contribution in [0.15, 0.2) is 23.6 Å². The van der Waals surface area contributed by atoms with Crippen LogP contribution in [0.5, 0.6) is 5.75 Å². The van der Waals surface area contributed by atoms with Crippen molar-refractivity contribution < 1.29 is 19.8 Å². The first-order valence-corrected chi connectivity index (χ1v) is 7.00. The van der Waals surface area contributed by atoms with Crippen molar-refractivity contribution in [2.75, 3.05) is 7.05 Å². The van der Waals surface area contributed by atoms with Crippen LogP contribution < -0.4 is 0 Å². The molecule has 0 saturated heterocycles. The number of aryl methyl sites for hydroxylation is 1. The molecule has 0 aliphatic carbocycles. The summed E-state index contributed by atoms with van der Waals surface area (Å²) in [5.74, 6) is -2.25. The average molecular weight is 306 g/mol. The number of para-hydroxylation sites is 1. The minimum atomic E-state index is -1.28. The van der Waals surface area contributed by atoms with Crippen LogP contribution in [0, 0.1) is 6.92 Å². The summed E-state index contributed by atoms with van der Waals surface area (Å²) in [6, 6.07) is 4.07. The number of aromatic nitrogens is 1. The summed E-state index contributed by atoms with van der Waals surface area (Å²) in [6.07, 6.45) is 0. The summed E-state index contributed by atoms with van der Waals surface area (Å²) in [4.78, 5) is 28.9. The van der Waals surface area contributed by atoms with E-state index in [0.29, 0.717) is 6.54 Å². The maximum absolute atomic E-state index is 12.3. The van der Waals surface area contributed by atoms with E-state index < -0.39 is 17.6 Å². The molecule has 7 heteroatoms. The van der Waals surface area contributed by atoms with Crippen LogP contribution >= 0.6 is 11.3 Å². The van der Waals surface area contributed by atoms with Crippen LogP contribution in [0.25, 0.3) is 0 Å². The van der Waals surface area contributed by atoms with Gasteiger partial charge in [0.1, 0.15) is 16.3 Å². The van der Waals surface area contributed by atoms with Gasteiger partial charge < -0.3 is 15.1 Å². The molecule has 1 amide bonds. The van der Waals surface area contributed by atoms with Gasteiger partial charge in [0.15, 0.2) is 0 Å². The lowest BCUT2D eigenvalue weighted by Gasteiger charge is -2.17. The third-order valence-corrected chi connectivity index (χ3v) is 3.83. The van der Waals surface area contributed by atoms with E-state index in [4.69, 9.17) is 5.11 Å². The molecule has 0 unspecified atom stereocenters. The number of carboxylic acid groups (broad SMARTS) is 1. The highest BCUT2D eigenvalue weighted by Gasteiger charge is 2.21. The number of benzene rings is 1. The number of aromatic hydroxyl groups is 1. The molecule has 2 rings (SSSR count).